The Morgan fingerprint density at radius 3 is 1.76 bits per heavy atom. The second kappa shape index (κ2) is 17.9. The second-order valence-corrected chi connectivity index (χ2v) is 13.6. The van der Waals surface area contributed by atoms with E-state index < -0.39 is 47.9 Å². The van der Waals surface area contributed by atoms with Gasteiger partial charge in [-0.25, -0.2) is 14.8 Å². The van der Waals surface area contributed by atoms with Gasteiger partial charge in [0.15, 0.2) is 5.69 Å². The Morgan fingerprint density at radius 2 is 1.21 bits per heavy atom. The van der Waals surface area contributed by atoms with Gasteiger partial charge in [0.1, 0.15) is 23.9 Å². The van der Waals surface area contributed by atoms with Crippen LogP contribution in [0.5, 0.6) is 0 Å². The zero-order valence-electron chi connectivity index (χ0n) is 31.3. The first-order valence-corrected chi connectivity index (χ1v) is 18.7. The number of carboxylic acids is 1. The number of hydrogen-bond donors (Lipinski definition) is 4. The van der Waals surface area contributed by atoms with E-state index in [4.69, 9.17) is 4.42 Å². The summed E-state index contributed by atoms with van der Waals surface area (Å²) in [6.45, 7) is -0.475. The number of imidazole rings is 1. The molecule has 4 N–H and O–H groups in total. The summed E-state index contributed by atoms with van der Waals surface area (Å²) >= 11 is 0. The van der Waals surface area contributed by atoms with E-state index in [2.05, 4.69) is 25.9 Å². The van der Waals surface area contributed by atoms with E-state index in [1.54, 1.807) is 48.9 Å². The summed E-state index contributed by atoms with van der Waals surface area (Å²) in [5.41, 5.74) is 3.85. The molecule has 0 bridgehead atoms. The summed E-state index contributed by atoms with van der Waals surface area (Å²) in [6, 6.07) is 45.4. The Morgan fingerprint density at radius 1 is 0.672 bits per heavy atom. The number of rotatable bonds is 16. The highest BCUT2D eigenvalue weighted by Crippen LogP contribution is 2.40. The van der Waals surface area contributed by atoms with E-state index in [0.29, 0.717) is 11.3 Å². The van der Waals surface area contributed by atoms with Crippen molar-refractivity contribution >= 4 is 23.7 Å². The number of hydrogen-bond acceptors (Lipinski definition) is 7. The molecule has 12 heteroatoms. The van der Waals surface area contributed by atoms with Crippen LogP contribution in [0.2, 0.25) is 0 Å². The molecule has 0 unspecified atom stereocenters. The van der Waals surface area contributed by atoms with Gasteiger partial charge >= 0.3 is 5.97 Å². The molecule has 0 spiro atoms. The summed E-state index contributed by atoms with van der Waals surface area (Å²) in [4.78, 5) is 61.5. The van der Waals surface area contributed by atoms with Crippen LogP contribution in [-0.4, -0.2) is 62.0 Å². The van der Waals surface area contributed by atoms with Crippen molar-refractivity contribution in [1.82, 2.24) is 30.5 Å². The molecule has 0 radical (unpaired) electrons. The highest BCUT2D eigenvalue weighted by atomic mass is 16.4. The van der Waals surface area contributed by atoms with Gasteiger partial charge in [0.2, 0.25) is 17.7 Å². The van der Waals surface area contributed by atoms with Crippen LogP contribution in [-0.2, 0) is 32.8 Å². The van der Waals surface area contributed by atoms with Gasteiger partial charge in [0.05, 0.1) is 18.6 Å². The topological polar surface area (TPSA) is 168 Å². The highest BCUT2D eigenvalue weighted by Gasteiger charge is 2.39. The lowest BCUT2D eigenvalue weighted by Crippen LogP contribution is -2.54. The van der Waals surface area contributed by atoms with Crippen molar-refractivity contribution in [1.29, 1.82) is 0 Å². The number of aromatic nitrogens is 3. The number of oxazole rings is 1. The number of benzene rings is 5. The first-order valence-electron chi connectivity index (χ1n) is 18.7. The third-order valence-electron chi connectivity index (χ3n) is 9.73. The van der Waals surface area contributed by atoms with Crippen molar-refractivity contribution in [3.8, 4) is 11.5 Å². The monoisotopic (exact) mass is 772 g/mol. The Balaban J connectivity index is 1.09. The normalized spacial score (nSPS) is 12.2. The Kier molecular flexibility index (Phi) is 11.9. The molecule has 0 aliphatic carbocycles. The predicted molar refractivity (Wildman–Crippen MR) is 216 cm³/mol. The minimum absolute atomic E-state index is 0.0227. The highest BCUT2D eigenvalue weighted by molar-refractivity contribution is 5.96. The molecule has 7 rings (SSSR count). The van der Waals surface area contributed by atoms with E-state index >= 15 is 0 Å². The number of nitrogens with zero attached hydrogens (tertiary/aromatic N) is 3. The van der Waals surface area contributed by atoms with Gasteiger partial charge in [-0.3, -0.25) is 14.4 Å². The molecule has 3 amide bonds. The molecule has 0 aliphatic heterocycles. The molecule has 12 nitrogen and oxygen atoms in total. The van der Waals surface area contributed by atoms with Crippen LogP contribution in [0.3, 0.4) is 0 Å². The van der Waals surface area contributed by atoms with Crippen molar-refractivity contribution < 1.29 is 28.7 Å². The Bertz CT molecular complexity index is 2360. The molecule has 2 heterocycles. The molecular weight excluding hydrogens is 733 g/mol. The lowest BCUT2D eigenvalue weighted by molar-refractivity contribution is -0.142. The van der Waals surface area contributed by atoms with Crippen molar-refractivity contribution in [3.05, 3.63) is 204 Å². The van der Waals surface area contributed by atoms with Crippen LogP contribution in [0, 0.1) is 0 Å². The van der Waals surface area contributed by atoms with E-state index in [9.17, 15) is 24.3 Å². The molecule has 2 atom stereocenters. The molecule has 2 aromatic heterocycles. The first kappa shape index (κ1) is 38.7. The number of carbonyl (C=O) groups is 4. The van der Waals surface area contributed by atoms with Gasteiger partial charge in [-0.15, -0.1) is 0 Å². The summed E-state index contributed by atoms with van der Waals surface area (Å²) < 4.78 is 7.41. The summed E-state index contributed by atoms with van der Waals surface area (Å²) in [5.74, 6) is -3.06. The molecule has 0 saturated carbocycles. The molecule has 0 saturated heterocycles. The van der Waals surface area contributed by atoms with Gasteiger partial charge in [-0.05, 0) is 34.4 Å². The van der Waals surface area contributed by atoms with Crippen molar-refractivity contribution in [3.63, 3.8) is 0 Å². The number of carboxylic acid groups (broad SMARTS) is 1. The molecule has 0 fully saturated rings. The van der Waals surface area contributed by atoms with Crippen molar-refractivity contribution in [2.75, 3.05) is 6.54 Å². The van der Waals surface area contributed by atoms with E-state index in [1.165, 1.54) is 6.26 Å². The molecular formula is C46H40N6O6. The third-order valence-corrected chi connectivity index (χ3v) is 9.73. The first-order chi connectivity index (χ1) is 28.3. The largest absolute Gasteiger partial charge is 0.480 e. The predicted octanol–water partition coefficient (Wildman–Crippen LogP) is 5.65. The minimum Gasteiger partial charge on any atom is -0.480 e. The fourth-order valence-corrected chi connectivity index (χ4v) is 6.97. The van der Waals surface area contributed by atoms with E-state index in [1.807, 2.05) is 120 Å². The average Bonchev–Trinajstić information content (AvgIpc) is 3.96. The summed E-state index contributed by atoms with van der Waals surface area (Å²) in [5, 5.41) is 18.2. The SMILES string of the molecule is O=C(CNC(=O)c1coc(-c2ccccc2)n1)N[C@@H](Cc1ccccc1)C(=O)N[C@@H](Cc1cn(C(c2ccccc2)(c2ccccc2)c2ccccc2)cn1)C(=O)O. The number of carbonyl (C=O) groups excluding carboxylic acids is 3. The number of aliphatic carboxylic acids is 1. The van der Waals surface area contributed by atoms with E-state index in [0.717, 1.165) is 22.3 Å². The van der Waals surface area contributed by atoms with Crippen molar-refractivity contribution in [2.45, 2.75) is 30.5 Å². The molecule has 7 aromatic rings. The molecule has 5 aromatic carbocycles. The van der Waals surface area contributed by atoms with Gasteiger partial charge in [0, 0.05) is 24.6 Å². The van der Waals surface area contributed by atoms with Crippen LogP contribution in [0.15, 0.2) is 175 Å². The van der Waals surface area contributed by atoms with Crippen LogP contribution in [0.25, 0.3) is 11.5 Å². The fourth-order valence-electron chi connectivity index (χ4n) is 6.97. The van der Waals surface area contributed by atoms with Gasteiger partial charge in [0.25, 0.3) is 5.91 Å². The van der Waals surface area contributed by atoms with Gasteiger partial charge in [-0.1, -0.05) is 140 Å². The Labute approximate surface area is 334 Å². The van der Waals surface area contributed by atoms with Crippen LogP contribution < -0.4 is 16.0 Å². The summed E-state index contributed by atoms with van der Waals surface area (Å²) in [7, 11) is 0. The maximum absolute atomic E-state index is 13.9. The third kappa shape index (κ3) is 8.76. The fraction of sp³-hybridized carbons (Fsp3) is 0.130. The molecule has 290 valence electrons. The van der Waals surface area contributed by atoms with E-state index in [-0.39, 0.29) is 24.4 Å². The van der Waals surface area contributed by atoms with Gasteiger partial charge < -0.3 is 30.0 Å². The zero-order valence-corrected chi connectivity index (χ0v) is 31.3. The zero-order chi connectivity index (χ0) is 40.3. The molecule has 58 heavy (non-hydrogen) atoms. The maximum atomic E-state index is 13.9. The Hall–Kier alpha value is -7.60. The average molecular weight is 773 g/mol. The van der Waals surface area contributed by atoms with Crippen LogP contribution >= 0.6 is 0 Å². The number of nitrogens with one attached hydrogen (secondary N) is 3. The summed E-state index contributed by atoms with van der Waals surface area (Å²) in [6.07, 6.45) is 4.59. The number of amides is 3. The minimum atomic E-state index is -1.39. The maximum Gasteiger partial charge on any atom is 0.326 e. The quantitative estimate of drug-likeness (QED) is 0.0915. The molecule has 0 aliphatic rings. The van der Waals surface area contributed by atoms with Crippen LogP contribution in [0.4, 0.5) is 0 Å². The standard InChI is InChI=1S/C46H40N6O6/c53-41(28-47-42(54)40-30-58-44(51-40)33-18-8-2-9-19-33)49-38(26-32-16-6-1-7-17-32)43(55)50-39(45(56)57)27-37-29-52(31-48-37)46(34-20-10-3-11-21-34,35-22-12-4-13-23-35)36-24-14-5-15-25-36/h1-25,29-31,38-39H,26-28H2,(H,47,54)(H,49,53)(H,50,55)(H,56,57)/t38-,39-/m0/s1. The lowest BCUT2D eigenvalue weighted by atomic mass is 9.77. The smallest absolute Gasteiger partial charge is 0.326 e. The lowest BCUT2D eigenvalue weighted by Gasteiger charge is -2.37. The second-order valence-electron chi connectivity index (χ2n) is 13.6. The van der Waals surface area contributed by atoms with Crippen molar-refractivity contribution in [2.24, 2.45) is 0 Å². The van der Waals surface area contributed by atoms with Crippen LogP contribution in [0.1, 0.15) is 38.4 Å². The van der Waals surface area contributed by atoms with Gasteiger partial charge in [-0.2, -0.15) is 0 Å².